The van der Waals surface area contributed by atoms with Gasteiger partial charge in [0.2, 0.25) is 0 Å². The second-order valence-electron chi connectivity index (χ2n) is 10.3. The minimum absolute atomic E-state index is 0. The van der Waals surface area contributed by atoms with E-state index in [1.54, 1.807) is 21.1 Å². The molecule has 0 radical (unpaired) electrons. The van der Waals surface area contributed by atoms with Crippen LogP contribution in [0.5, 0.6) is 0 Å². The number of carbonyl (C=O) groups is 2. The summed E-state index contributed by atoms with van der Waals surface area (Å²) < 4.78 is 0.241. The van der Waals surface area contributed by atoms with Gasteiger partial charge in [0, 0.05) is 18.8 Å². The van der Waals surface area contributed by atoms with Crippen molar-refractivity contribution in [3.05, 3.63) is 0 Å². The van der Waals surface area contributed by atoms with Gasteiger partial charge in [0.05, 0.1) is 27.2 Å². The number of unbranched alkanes of at least 4 members (excludes halogenated alkanes) is 12. The molecule has 0 fully saturated rings. The monoisotopic (exact) mass is 479 g/mol. The lowest BCUT2D eigenvalue weighted by atomic mass is 9.88. The summed E-state index contributed by atoms with van der Waals surface area (Å²) in [5, 5.41) is 31.8. The summed E-state index contributed by atoms with van der Waals surface area (Å²) in [5.41, 5.74) is -2.01. The molecule has 2 atom stereocenters. The lowest BCUT2D eigenvalue weighted by Crippen LogP contribution is -2.56. The molecule has 0 aliphatic carbocycles. The Morgan fingerprint density at radius 1 is 0.844 bits per heavy atom. The standard InChI is InChI=1S/C25H49NO5.ClH/c1-5-6-7-8-9-10-11-12-13-14-15-16-17-18-22(27)19-23(28)25(31,20-24(29)30)21-26(2,3)4;/h22,27,31H,5-21H2,1-4H3;1H. The minimum Gasteiger partial charge on any atom is -0.550 e. The Bertz CT molecular complexity index is 495. The molecule has 0 saturated carbocycles. The van der Waals surface area contributed by atoms with Gasteiger partial charge in [0.15, 0.2) is 11.4 Å². The maximum absolute atomic E-state index is 12.5. The molecule has 0 aliphatic rings. The molecule has 0 spiro atoms. The van der Waals surface area contributed by atoms with E-state index in [-0.39, 0.29) is 29.9 Å². The number of aliphatic carboxylic acids is 1. The van der Waals surface area contributed by atoms with Crippen molar-refractivity contribution in [2.24, 2.45) is 0 Å². The number of likely N-dealkylation sites (N-methyl/N-ethyl adjacent to an activating group) is 1. The number of aliphatic hydroxyl groups excluding tert-OH is 1. The van der Waals surface area contributed by atoms with Crippen LogP contribution in [0, 0.1) is 0 Å². The van der Waals surface area contributed by atoms with Crippen molar-refractivity contribution in [2.75, 3.05) is 27.7 Å². The molecule has 2 N–H and O–H groups in total. The van der Waals surface area contributed by atoms with E-state index in [0.29, 0.717) is 6.42 Å². The number of aliphatic hydroxyl groups is 2. The van der Waals surface area contributed by atoms with Crippen molar-refractivity contribution in [3.8, 4) is 0 Å². The molecule has 6 nitrogen and oxygen atoms in total. The third kappa shape index (κ3) is 18.8. The predicted octanol–water partition coefficient (Wildman–Crippen LogP) is 3.79. The zero-order valence-electron chi connectivity index (χ0n) is 21.1. The highest BCUT2D eigenvalue weighted by Crippen LogP contribution is 2.20. The van der Waals surface area contributed by atoms with Crippen LogP contribution < -0.4 is 5.11 Å². The van der Waals surface area contributed by atoms with Crippen molar-refractivity contribution in [2.45, 2.75) is 121 Å². The SMILES string of the molecule is CCCCCCCCCCCCCCCC(O)CC(=O)C(O)(CC(=O)[O-])C[N+](C)(C)C.Cl. The van der Waals surface area contributed by atoms with Crippen LogP contribution in [-0.2, 0) is 9.59 Å². The van der Waals surface area contributed by atoms with E-state index in [4.69, 9.17) is 0 Å². The second kappa shape index (κ2) is 18.7. The highest BCUT2D eigenvalue weighted by molar-refractivity contribution is 5.91. The third-order valence-corrected chi connectivity index (χ3v) is 5.75. The van der Waals surface area contributed by atoms with Gasteiger partial charge in [0.1, 0.15) is 6.54 Å². The Balaban J connectivity index is 0. The predicted molar refractivity (Wildman–Crippen MR) is 131 cm³/mol. The maximum Gasteiger partial charge on any atom is 0.177 e. The summed E-state index contributed by atoms with van der Waals surface area (Å²) in [6.07, 6.45) is 14.9. The summed E-state index contributed by atoms with van der Waals surface area (Å²) >= 11 is 0. The molecule has 192 valence electrons. The number of carboxylic acid groups (broad SMARTS) is 1. The van der Waals surface area contributed by atoms with Crippen molar-refractivity contribution in [3.63, 3.8) is 0 Å². The van der Waals surface area contributed by atoms with E-state index in [0.717, 1.165) is 19.3 Å². The lowest BCUT2D eigenvalue weighted by molar-refractivity contribution is -0.875. The fourth-order valence-electron chi connectivity index (χ4n) is 4.17. The molecular weight excluding hydrogens is 430 g/mol. The molecule has 7 heteroatoms. The number of nitrogens with zero attached hydrogens (tertiary/aromatic N) is 1. The largest absolute Gasteiger partial charge is 0.550 e. The van der Waals surface area contributed by atoms with E-state index < -0.39 is 29.9 Å². The number of rotatable bonds is 21. The summed E-state index contributed by atoms with van der Waals surface area (Å²) in [6.45, 7) is 2.21. The molecule has 0 bridgehead atoms. The van der Waals surface area contributed by atoms with Crippen LogP contribution in [0.2, 0.25) is 0 Å². The van der Waals surface area contributed by atoms with Crippen LogP contribution in [0.25, 0.3) is 0 Å². The smallest absolute Gasteiger partial charge is 0.177 e. The summed E-state index contributed by atoms with van der Waals surface area (Å²) in [5.74, 6) is -2.08. The number of quaternary nitrogens is 1. The van der Waals surface area contributed by atoms with Gasteiger partial charge in [-0.2, -0.15) is 0 Å². The Labute approximate surface area is 202 Å². The first-order valence-corrected chi connectivity index (χ1v) is 12.4. The Hall–Kier alpha value is -0.690. The van der Waals surface area contributed by atoms with Crippen molar-refractivity contribution in [1.29, 1.82) is 0 Å². The molecule has 0 aromatic heterocycles. The maximum atomic E-state index is 12.5. The van der Waals surface area contributed by atoms with Crippen molar-refractivity contribution in [1.82, 2.24) is 0 Å². The first-order chi connectivity index (χ1) is 14.5. The molecule has 0 aliphatic heterocycles. The number of halogens is 1. The molecule has 0 rings (SSSR count). The van der Waals surface area contributed by atoms with E-state index in [2.05, 4.69) is 6.92 Å². The lowest BCUT2D eigenvalue weighted by Gasteiger charge is -2.35. The van der Waals surface area contributed by atoms with E-state index in [1.807, 2.05) is 0 Å². The zero-order valence-corrected chi connectivity index (χ0v) is 21.9. The molecular formula is C25H50ClNO5. The van der Waals surface area contributed by atoms with Crippen LogP contribution in [0.1, 0.15) is 110 Å². The van der Waals surface area contributed by atoms with E-state index in [1.165, 1.54) is 64.2 Å². The minimum atomic E-state index is -2.01. The molecule has 2 unspecified atom stereocenters. The van der Waals surface area contributed by atoms with E-state index >= 15 is 0 Å². The van der Waals surface area contributed by atoms with Crippen LogP contribution in [0.3, 0.4) is 0 Å². The fraction of sp³-hybridized carbons (Fsp3) is 0.920. The number of carboxylic acids is 1. The van der Waals surface area contributed by atoms with Crippen LogP contribution in [0.4, 0.5) is 0 Å². The molecule has 32 heavy (non-hydrogen) atoms. The molecule has 0 aromatic rings. The van der Waals surface area contributed by atoms with Gasteiger partial charge in [-0.05, 0) is 6.42 Å². The normalized spacial score (nSPS) is 14.4. The van der Waals surface area contributed by atoms with Crippen LogP contribution in [-0.4, -0.2) is 65.8 Å². The molecule has 0 amide bonds. The van der Waals surface area contributed by atoms with Gasteiger partial charge in [-0.25, -0.2) is 0 Å². The summed E-state index contributed by atoms with van der Waals surface area (Å²) in [7, 11) is 5.33. The quantitative estimate of drug-likeness (QED) is 0.193. The van der Waals surface area contributed by atoms with Crippen molar-refractivity contribution < 1.29 is 29.4 Å². The van der Waals surface area contributed by atoms with Gasteiger partial charge in [-0.3, -0.25) is 4.79 Å². The van der Waals surface area contributed by atoms with Gasteiger partial charge in [-0.15, -0.1) is 12.4 Å². The fourth-order valence-corrected chi connectivity index (χ4v) is 4.17. The summed E-state index contributed by atoms with van der Waals surface area (Å²) in [6, 6.07) is 0. The number of hydrogen-bond acceptors (Lipinski definition) is 5. The first kappa shape index (κ1) is 33.5. The Kier molecular flexibility index (Phi) is 19.6. The molecule has 0 saturated heterocycles. The van der Waals surface area contributed by atoms with Crippen LogP contribution >= 0.6 is 12.4 Å². The number of ketones is 1. The van der Waals surface area contributed by atoms with Gasteiger partial charge in [0.25, 0.3) is 0 Å². The Morgan fingerprint density at radius 3 is 1.62 bits per heavy atom. The number of hydrogen-bond donors (Lipinski definition) is 2. The average molecular weight is 480 g/mol. The van der Waals surface area contributed by atoms with Gasteiger partial charge in [-0.1, -0.05) is 90.4 Å². The average Bonchev–Trinajstić information content (AvgIpc) is 2.63. The van der Waals surface area contributed by atoms with Gasteiger partial charge >= 0.3 is 0 Å². The van der Waals surface area contributed by atoms with E-state index in [9.17, 15) is 24.9 Å². The molecule has 0 aromatic carbocycles. The third-order valence-electron chi connectivity index (χ3n) is 5.75. The topological polar surface area (TPSA) is 97.7 Å². The first-order valence-electron chi connectivity index (χ1n) is 12.4. The Morgan fingerprint density at radius 2 is 1.25 bits per heavy atom. The summed E-state index contributed by atoms with van der Waals surface area (Å²) in [4.78, 5) is 23.5. The zero-order chi connectivity index (χ0) is 23.8. The van der Waals surface area contributed by atoms with Crippen molar-refractivity contribution >= 4 is 24.2 Å². The highest BCUT2D eigenvalue weighted by Gasteiger charge is 2.41. The number of Topliss-reactive ketones (excluding diaryl/α,β-unsaturated/α-hetero) is 1. The van der Waals surface area contributed by atoms with Gasteiger partial charge < -0.3 is 24.6 Å². The second-order valence-corrected chi connectivity index (χ2v) is 10.3. The van der Waals surface area contributed by atoms with Crippen LogP contribution in [0.15, 0.2) is 0 Å². The molecule has 0 heterocycles. The highest BCUT2D eigenvalue weighted by atomic mass is 35.5. The number of carbonyl (C=O) groups excluding carboxylic acids is 2.